The Morgan fingerprint density at radius 1 is 1.43 bits per heavy atom. The first-order chi connectivity index (χ1) is 6.34. The van der Waals surface area contributed by atoms with Gasteiger partial charge < -0.3 is 19.3 Å². The molecule has 0 aliphatic carbocycles. The van der Waals surface area contributed by atoms with Gasteiger partial charge in [-0.3, -0.25) is 0 Å². The highest BCUT2D eigenvalue weighted by molar-refractivity contribution is 5.93. The maximum atomic E-state index is 11.3. The summed E-state index contributed by atoms with van der Waals surface area (Å²) >= 11 is 0. The fourth-order valence-corrected chi connectivity index (χ4v) is 1.16. The number of aliphatic hydroxyl groups is 1. The molecule has 0 saturated carbocycles. The van der Waals surface area contributed by atoms with Gasteiger partial charge in [-0.2, -0.15) is 0 Å². The van der Waals surface area contributed by atoms with Crippen LogP contribution in [-0.4, -0.2) is 36.9 Å². The minimum atomic E-state index is -1.49. The topological polar surface area (TPSA) is 65.0 Å². The standard InChI is InChI=1S/C9H14O5/c1-8(2,11)6-5-9(12-3,13-4)14-7(6)10/h5,11H,1-4H3. The molecule has 80 valence electrons. The maximum absolute atomic E-state index is 11.3. The molecule has 0 unspecified atom stereocenters. The zero-order chi connectivity index (χ0) is 11.0. The van der Waals surface area contributed by atoms with Crippen molar-refractivity contribution in [2.45, 2.75) is 25.4 Å². The Balaban J connectivity index is 3.03. The normalized spacial score (nSPS) is 20.6. The molecule has 0 aromatic carbocycles. The molecule has 0 aromatic rings. The van der Waals surface area contributed by atoms with Gasteiger partial charge in [0.25, 0.3) is 0 Å². The molecule has 0 aromatic heterocycles. The van der Waals surface area contributed by atoms with Crippen molar-refractivity contribution in [3.05, 3.63) is 11.6 Å². The van der Waals surface area contributed by atoms with Gasteiger partial charge in [-0.05, 0) is 13.8 Å². The molecule has 1 N–H and O–H groups in total. The van der Waals surface area contributed by atoms with E-state index < -0.39 is 17.5 Å². The van der Waals surface area contributed by atoms with E-state index in [-0.39, 0.29) is 5.57 Å². The molecule has 1 heterocycles. The van der Waals surface area contributed by atoms with Crippen LogP contribution in [0.1, 0.15) is 13.8 Å². The van der Waals surface area contributed by atoms with Crippen molar-refractivity contribution in [3.63, 3.8) is 0 Å². The Bertz CT molecular complexity index is 269. The molecule has 14 heavy (non-hydrogen) atoms. The number of methoxy groups -OCH3 is 2. The van der Waals surface area contributed by atoms with Gasteiger partial charge >= 0.3 is 11.9 Å². The van der Waals surface area contributed by atoms with E-state index in [9.17, 15) is 9.90 Å². The van der Waals surface area contributed by atoms with Gasteiger partial charge in [0.05, 0.1) is 11.2 Å². The minimum Gasteiger partial charge on any atom is -0.401 e. The van der Waals surface area contributed by atoms with Crippen molar-refractivity contribution >= 4 is 5.97 Å². The fraction of sp³-hybridized carbons (Fsp3) is 0.667. The summed E-state index contributed by atoms with van der Waals surface area (Å²) in [5.41, 5.74) is -1.14. The van der Waals surface area contributed by atoms with Gasteiger partial charge in [0.2, 0.25) is 0 Å². The average Bonchev–Trinajstić information content (AvgIpc) is 2.43. The number of carbonyl (C=O) groups excluding carboxylic acids is 1. The Morgan fingerprint density at radius 3 is 2.14 bits per heavy atom. The van der Waals surface area contributed by atoms with Crippen LogP contribution in [0.15, 0.2) is 11.6 Å². The number of rotatable bonds is 3. The smallest absolute Gasteiger partial charge is 0.351 e. The second-order valence-corrected chi connectivity index (χ2v) is 3.52. The first-order valence-electron chi connectivity index (χ1n) is 4.14. The average molecular weight is 202 g/mol. The van der Waals surface area contributed by atoms with Gasteiger partial charge in [0, 0.05) is 20.3 Å². The molecule has 1 aliphatic rings. The molecule has 1 rings (SSSR count). The van der Waals surface area contributed by atoms with E-state index in [4.69, 9.17) is 14.2 Å². The largest absolute Gasteiger partial charge is 0.401 e. The van der Waals surface area contributed by atoms with E-state index in [1.165, 1.54) is 34.1 Å². The summed E-state index contributed by atoms with van der Waals surface area (Å²) < 4.78 is 14.6. The van der Waals surface area contributed by atoms with Crippen LogP contribution in [0.5, 0.6) is 0 Å². The number of esters is 1. The Morgan fingerprint density at radius 2 is 1.93 bits per heavy atom. The third-order valence-corrected chi connectivity index (χ3v) is 2.00. The summed E-state index contributed by atoms with van der Waals surface area (Å²) in [6, 6.07) is 0. The molecule has 5 heteroatoms. The van der Waals surface area contributed by atoms with Crippen molar-refractivity contribution in [1.82, 2.24) is 0 Å². The lowest BCUT2D eigenvalue weighted by atomic mass is 9.99. The zero-order valence-corrected chi connectivity index (χ0v) is 8.66. The Labute approximate surface area is 82.3 Å². The van der Waals surface area contributed by atoms with E-state index in [0.717, 1.165) is 0 Å². The predicted octanol–water partition coefficient (Wildman–Crippen LogP) is 0.187. The molecule has 0 saturated heterocycles. The lowest BCUT2D eigenvalue weighted by Gasteiger charge is -2.21. The number of hydrogen-bond donors (Lipinski definition) is 1. The molecule has 0 bridgehead atoms. The SMILES string of the molecule is COC1(OC)C=C(C(C)(C)O)C(=O)O1. The van der Waals surface area contributed by atoms with E-state index in [0.29, 0.717) is 0 Å². The zero-order valence-electron chi connectivity index (χ0n) is 8.66. The van der Waals surface area contributed by atoms with Crippen molar-refractivity contribution in [2.24, 2.45) is 0 Å². The molecule has 0 atom stereocenters. The van der Waals surface area contributed by atoms with Crippen LogP contribution >= 0.6 is 0 Å². The van der Waals surface area contributed by atoms with E-state index in [1.54, 1.807) is 0 Å². The van der Waals surface area contributed by atoms with Crippen LogP contribution in [0.3, 0.4) is 0 Å². The van der Waals surface area contributed by atoms with E-state index >= 15 is 0 Å². The minimum absolute atomic E-state index is 0.126. The Kier molecular flexibility index (Phi) is 2.67. The Hall–Kier alpha value is -0.910. The van der Waals surface area contributed by atoms with Crippen LogP contribution in [0, 0.1) is 0 Å². The number of carbonyl (C=O) groups is 1. The summed E-state index contributed by atoms with van der Waals surface area (Å²) in [5.74, 6) is -2.13. The summed E-state index contributed by atoms with van der Waals surface area (Å²) in [4.78, 5) is 11.3. The van der Waals surface area contributed by atoms with Crippen molar-refractivity contribution < 1.29 is 24.1 Å². The van der Waals surface area contributed by atoms with Crippen molar-refractivity contribution in [2.75, 3.05) is 14.2 Å². The van der Waals surface area contributed by atoms with Crippen LogP contribution in [0.2, 0.25) is 0 Å². The number of hydrogen-bond acceptors (Lipinski definition) is 5. The van der Waals surface area contributed by atoms with Crippen LogP contribution in [0.4, 0.5) is 0 Å². The highest BCUT2D eigenvalue weighted by Crippen LogP contribution is 2.31. The number of ether oxygens (including phenoxy) is 3. The lowest BCUT2D eigenvalue weighted by molar-refractivity contribution is -0.304. The third kappa shape index (κ3) is 1.79. The first kappa shape index (κ1) is 11.2. The monoisotopic (exact) mass is 202 g/mol. The summed E-state index contributed by atoms with van der Waals surface area (Å²) in [5, 5.41) is 9.63. The predicted molar refractivity (Wildman–Crippen MR) is 47.2 cm³/mol. The maximum Gasteiger partial charge on any atom is 0.351 e. The van der Waals surface area contributed by atoms with Gasteiger partial charge in [0.1, 0.15) is 0 Å². The van der Waals surface area contributed by atoms with Crippen molar-refractivity contribution in [1.29, 1.82) is 0 Å². The molecular formula is C9H14O5. The van der Waals surface area contributed by atoms with E-state index in [2.05, 4.69) is 0 Å². The molecule has 0 fully saturated rings. The highest BCUT2D eigenvalue weighted by Gasteiger charge is 2.45. The summed E-state index contributed by atoms with van der Waals surface area (Å²) in [6.07, 6.45) is 1.33. The highest BCUT2D eigenvalue weighted by atomic mass is 16.9. The fourth-order valence-electron chi connectivity index (χ4n) is 1.16. The molecule has 1 aliphatic heterocycles. The van der Waals surface area contributed by atoms with E-state index in [1.807, 2.05) is 0 Å². The van der Waals surface area contributed by atoms with Crippen LogP contribution in [-0.2, 0) is 19.0 Å². The molecule has 0 radical (unpaired) electrons. The second-order valence-electron chi connectivity index (χ2n) is 3.52. The third-order valence-electron chi connectivity index (χ3n) is 2.00. The molecule has 0 amide bonds. The van der Waals surface area contributed by atoms with Gasteiger partial charge in [-0.15, -0.1) is 0 Å². The molecule has 0 spiro atoms. The van der Waals surface area contributed by atoms with Crippen molar-refractivity contribution in [3.8, 4) is 0 Å². The quantitative estimate of drug-likeness (QED) is 0.522. The molecule has 5 nitrogen and oxygen atoms in total. The van der Waals surface area contributed by atoms with Gasteiger partial charge in [0.15, 0.2) is 0 Å². The van der Waals surface area contributed by atoms with Gasteiger partial charge in [-0.25, -0.2) is 4.79 Å². The first-order valence-corrected chi connectivity index (χ1v) is 4.14. The lowest BCUT2D eigenvalue weighted by Crippen LogP contribution is -2.32. The number of cyclic esters (lactones) is 1. The van der Waals surface area contributed by atoms with Crippen LogP contribution < -0.4 is 0 Å². The van der Waals surface area contributed by atoms with Crippen LogP contribution in [0.25, 0.3) is 0 Å². The summed E-state index contributed by atoms with van der Waals surface area (Å²) in [6.45, 7) is 2.98. The second kappa shape index (κ2) is 3.34. The van der Waals surface area contributed by atoms with Gasteiger partial charge in [-0.1, -0.05) is 0 Å². The summed E-state index contributed by atoms with van der Waals surface area (Å²) in [7, 11) is 2.70. The molecular weight excluding hydrogens is 188 g/mol.